The van der Waals surface area contributed by atoms with Crippen molar-refractivity contribution in [2.75, 3.05) is 0 Å². The minimum atomic E-state index is -0.248. The third kappa shape index (κ3) is 3.84. The largest absolute Gasteiger partial charge is 0.488 e. The maximum absolute atomic E-state index is 12.3. The van der Waals surface area contributed by atoms with Crippen molar-refractivity contribution in [2.45, 2.75) is 26.4 Å². The second kappa shape index (κ2) is 5.68. The van der Waals surface area contributed by atoms with Crippen LogP contribution in [0.4, 0.5) is 0 Å². The monoisotopic (exact) mass is 288 g/mol. The van der Waals surface area contributed by atoms with Crippen LogP contribution in [0, 0.1) is 0 Å². The molecular weight excluding hydrogens is 272 g/mol. The van der Waals surface area contributed by atoms with Gasteiger partial charge in [-0.15, -0.1) is 0 Å². The molecule has 0 amide bonds. The summed E-state index contributed by atoms with van der Waals surface area (Å²) in [7, 11) is 0. The van der Waals surface area contributed by atoms with Gasteiger partial charge in [0.05, 0.1) is 0 Å². The number of benzene rings is 2. The molecule has 3 heteroatoms. The molecule has 0 N–H and O–H groups in total. The summed E-state index contributed by atoms with van der Waals surface area (Å²) in [4.78, 5) is 12.3. The molecule has 0 atom stereocenters. The minimum absolute atomic E-state index is 0.0241. The highest BCUT2D eigenvalue weighted by Crippen LogP contribution is 2.20. The van der Waals surface area contributed by atoms with Crippen molar-refractivity contribution in [3.05, 3.63) is 64.7 Å². The molecule has 0 aliphatic heterocycles. The van der Waals surface area contributed by atoms with Crippen LogP contribution in [0.25, 0.3) is 0 Å². The minimum Gasteiger partial charge on any atom is -0.488 e. The Labute approximate surface area is 124 Å². The molecule has 0 heterocycles. The van der Waals surface area contributed by atoms with E-state index in [0.717, 1.165) is 5.75 Å². The van der Waals surface area contributed by atoms with Crippen LogP contribution in [-0.4, -0.2) is 11.4 Å². The van der Waals surface area contributed by atoms with E-state index in [4.69, 9.17) is 16.3 Å². The van der Waals surface area contributed by atoms with E-state index in [9.17, 15) is 4.79 Å². The fourth-order valence-corrected chi connectivity index (χ4v) is 1.92. The molecule has 2 aromatic carbocycles. The molecule has 0 aliphatic carbocycles. The lowest BCUT2D eigenvalue weighted by atomic mass is 10.0. The second-order valence-corrected chi connectivity index (χ2v) is 6.01. The number of hydrogen-bond acceptors (Lipinski definition) is 2. The van der Waals surface area contributed by atoms with Gasteiger partial charge in [0.15, 0.2) is 5.78 Å². The Hall–Kier alpha value is -1.80. The molecule has 0 saturated carbocycles. The molecule has 104 valence electrons. The van der Waals surface area contributed by atoms with Crippen LogP contribution in [-0.2, 0) is 0 Å². The van der Waals surface area contributed by atoms with Crippen LogP contribution in [0.2, 0.25) is 5.02 Å². The summed E-state index contributed by atoms with van der Waals surface area (Å²) in [6.45, 7) is 5.96. The summed E-state index contributed by atoms with van der Waals surface area (Å²) in [5, 5.41) is 0.621. The second-order valence-electron chi connectivity index (χ2n) is 5.57. The van der Waals surface area contributed by atoms with Crippen LogP contribution in [0.1, 0.15) is 36.7 Å². The Bertz CT molecular complexity index is 592. The van der Waals surface area contributed by atoms with Crippen LogP contribution >= 0.6 is 11.6 Å². The lowest BCUT2D eigenvalue weighted by Crippen LogP contribution is -2.22. The summed E-state index contributed by atoms with van der Waals surface area (Å²) in [5.74, 6) is 0.731. The number of halogens is 1. The van der Waals surface area contributed by atoms with Crippen molar-refractivity contribution in [1.82, 2.24) is 0 Å². The van der Waals surface area contributed by atoms with Gasteiger partial charge < -0.3 is 4.74 Å². The zero-order valence-electron chi connectivity index (χ0n) is 11.8. The third-order valence-corrected chi connectivity index (χ3v) is 2.90. The Morgan fingerprint density at radius 3 is 1.80 bits per heavy atom. The highest BCUT2D eigenvalue weighted by molar-refractivity contribution is 6.30. The highest BCUT2D eigenvalue weighted by Gasteiger charge is 2.13. The van der Waals surface area contributed by atoms with E-state index < -0.39 is 0 Å². The van der Waals surface area contributed by atoms with Gasteiger partial charge in [0.1, 0.15) is 11.4 Å². The summed E-state index contributed by atoms with van der Waals surface area (Å²) in [6, 6.07) is 14.1. The standard InChI is InChI=1S/C17H17ClO2/c1-17(2,3)20-15-10-6-13(7-11-15)16(19)12-4-8-14(18)9-5-12/h4-11H,1-3H3. The van der Waals surface area contributed by atoms with Crippen molar-refractivity contribution >= 4 is 17.4 Å². The maximum Gasteiger partial charge on any atom is 0.193 e. The summed E-state index contributed by atoms with van der Waals surface area (Å²) in [6.07, 6.45) is 0. The molecule has 2 aromatic rings. The van der Waals surface area contributed by atoms with Gasteiger partial charge in [0.25, 0.3) is 0 Å². The van der Waals surface area contributed by atoms with E-state index in [2.05, 4.69) is 0 Å². The van der Waals surface area contributed by atoms with Gasteiger partial charge in [0, 0.05) is 16.1 Å². The van der Waals surface area contributed by atoms with Gasteiger partial charge in [-0.1, -0.05) is 11.6 Å². The third-order valence-electron chi connectivity index (χ3n) is 2.65. The van der Waals surface area contributed by atoms with E-state index in [-0.39, 0.29) is 11.4 Å². The SMILES string of the molecule is CC(C)(C)Oc1ccc(C(=O)c2ccc(Cl)cc2)cc1. The molecule has 0 aromatic heterocycles. The van der Waals surface area contributed by atoms with Crippen LogP contribution < -0.4 is 4.74 Å². The molecule has 0 bridgehead atoms. The van der Waals surface area contributed by atoms with Crippen LogP contribution in [0.15, 0.2) is 48.5 Å². The molecule has 2 rings (SSSR count). The molecule has 0 radical (unpaired) electrons. The van der Waals surface area contributed by atoms with Crippen molar-refractivity contribution in [2.24, 2.45) is 0 Å². The summed E-state index contributed by atoms with van der Waals surface area (Å²) >= 11 is 5.82. The lowest BCUT2D eigenvalue weighted by Gasteiger charge is -2.21. The smallest absolute Gasteiger partial charge is 0.193 e. The first-order valence-corrected chi connectivity index (χ1v) is 6.82. The predicted molar refractivity (Wildman–Crippen MR) is 81.7 cm³/mol. The predicted octanol–water partition coefficient (Wildman–Crippen LogP) is 4.75. The molecule has 2 nitrogen and oxygen atoms in total. The number of carbonyl (C=O) groups is 1. The number of ketones is 1. The first kappa shape index (κ1) is 14.6. The first-order chi connectivity index (χ1) is 9.35. The topological polar surface area (TPSA) is 26.3 Å². The van der Waals surface area contributed by atoms with Gasteiger partial charge in [-0.3, -0.25) is 4.79 Å². The van der Waals surface area contributed by atoms with Crippen molar-refractivity contribution in [3.63, 3.8) is 0 Å². The number of hydrogen-bond donors (Lipinski definition) is 0. The molecule has 20 heavy (non-hydrogen) atoms. The van der Waals surface area contributed by atoms with Crippen molar-refractivity contribution in [1.29, 1.82) is 0 Å². The van der Waals surface area contributed by atoms with Gasteiger partial charge in [-0.05, 0) is 69.3 Å². The lowest BCUT2D eigenvalue weighted by molar-refractivity contribution is 0.103. The molecule has 0 saturated heterocycles. The van der Waals surface area contributed by atoms with Gasteiger partial charge in [-0.2, -0.15) is 0 Å². The number of ether oxygens (including phenoxy) is 1. The zero-order chi connectivity index (χ0) is 14.8. The van der Waals surface area contributed by atoms with Gasteiger partial charge in [0.2, 0.25) is 0 Å². The molecule has 0 aliphatic rings. The fourth-order valence-electron chi connectivity index (χ4n) is 1.80. The van der Waals surface area contributed by atoms with E-state index in [1.807, 2.05) is 32.9 Å². The zero-order valence-corrected chi connectivity index (χ0v) is 12.6. The maximum atomic E-state index is 12.3. The summed E-state index contributed by atoms with van der Waals surface area (Å²) in [5.41, 5.74) is 1.01. The van der Waals surface area contributed by atoms with Crippen LogP contribution in [0.5, 0.6) is 5.75 Å². The summed E-state index contributed by atoms with van der Waals surface area (Å²) < 4.78 is 5.73. The Morgan fingerprint density at radius 1 is 0.900 bits per heavy atom. The normalized spacial score (nSPS) is 11.2. The van der Waals surface area contributed by atoms with E-state index in [0.29, 0.717) is 16.1 Å². The van der Waals surface area contributed by atoms with Crippen LogP contribution in [0.3, 0.4) is 0 Å². The quantitative estimate of drug-likeness (QED) is 0.762. The Balaban J connectivity index is 2.17. The fraction of sp³-hybridized carbons (Fsp3) is 0.235. The molecular formula is C17H17ClO2. The Morgan fingerprint density at radius 2 is 1.35 bits per heavy atom. The highest BCUT2D eigenvalue weighted by atomic mass is 35.5. The Kier molecular flexibility index (Phi) is 4.15. The van der Waals surface area contributed by atoms with Gasteiger partial charge >= 0.3 is 0 Å². The van der Waals surface area contributed by atoms with Crippen molar-refractivity contribution in [3.8, 4) is 5.75 Å². The molecule has 0 spiro atoms. The molecule has 0 fully saturated rings. The first-order valence-electron chi connectivity index (χ1n) is 6.44. The van der Waals surface area contributed by atoms with Gasteiger partial charge in [-0.25, -0.2) is 0 Å². The van der Waals surface area contributed by atoms with E-state index >= 15 is 0 Å². The average molecular weight is 289 g/mol. The average Bonchev–Trinajstić information content (AvgIpc) is 2.38. The van der Waals surface area contributed by atoms with E-state index in [1.54, 1.807) is 36.4 Å². The van der Waals surface area contributed by atoms with Crippen molar-refractivity contribution < 1.29 is 9.53 Å². The number of carbonyl (C=O) groups excluding carboxylic acids is 1. The van der Waals surface area contributed by atoms with E-state index in [1.165, 1.54) is 0 Å². The number of rotatable bonds is 3. The molecule has 0 unspecified atom stereocenters.